The van der Waals surface area contributed by atoms with E-state index in [9.17, 15) is 4.79 Å². The summed E-state index contributed by atoms with van der Waals surface area (Å²) in [6.07, 6.45) is 2.98. The lowest BCUT2D eigenvalue weighted by molar-refractivity contribution is -0.139. The number of hydrogen-bond acceptors (Lipinski definition) is 3. The van der Waals surface area contributed by atoms with Gasteiger partial charge in [0.1, 0.15) is 0 Å². The molecule has 1 aliphatic rings. The Morgan fingerprint density at radius 1 is 1.56 bits per heavy atom. The van der Waals surface area contributed by atoms with E-state index in [2.05, 4.69) is 6.92 Å². The maximum absolute atomic E-state index is 12.2. The Balaban J connectivity index is 2.65. The quantitative estimate of drug-likeness (QED) is 0.743. The van der Waals surface area contributed by atoms with Crippen LogP contribution in [0.4, 0.5) is 0 Å². The zero-order valence-electron chi connectivity index (χ0n) is 10.5. The van der Waals surface area contributed by atoms with Crippen molar-refractivity contribution in [2.75, 3.05) is 13.7 Å². The number of hydrogen-bond donors (Lipinski definition) is 2. The van der Waals surface area contributed by atoms with Crippen molar-refractivity contribution in [2.24, 2.45) is 17.6 Å². The normalized spacial score (nSPS) is 32.2. The Morgan fingerprint density at radius 3 is 2.75 bits per heavy atom. The molecule has 1 aliphatic carbocycles. The van der Waals surface area contributed by atoms with Gasteiger partial charge in [-0.05, 0) is 25.7 Å². The minimum absolute atomic E-state index is 0.00932. The predicted octanol–water partition coefficient (Wildman–Crippen LogP) is 0.589. The van der Waals surface area contributed by atoms with Gasteiger partial charge in [0.2, 0.25) is 5.91 Å². The number of aliphatic hydroxyl groups is 1. The van der Waals surface area contributed by atoms with Crippen molar-refractivity contribution in [3.8, 4) is 0 Å². The van der Waals surface area contributed by atoms with Crippen LogP contribution in [0, 0.1) is 11.8 Å². The van der Waals surface area contributed by atoms with Gasteiger partial charge in [-0.3, -0.25) is 4.79 Å². The summed E-state index contributed by atoms with van der Waals surface area (Å²) in [4.78, 5) is 13.9. The highest BCUT2D eigenvalue weighted by Gasteiger charge is 2.34. The smallest absolute Gasteiger partial charge is 0.226 e. The van der Waals surface area contributed by atoms with Crippen LogP contribution in [0.25, 0.3) is 0 Å². The molecule has 0 aliphatic heterocycles. The first-order valence-corrected chi connectivity index (χ1v) is 6.12. The van der Waals surface area contributed by atoms with Crippen molar-refractivity contribution in [1.29, 1.82) is 0 Å². The molecule has 4 unspecified atom stereocenters. The number of nitrogens with zero attached hydrogens (tertiary/aromatic N) is 1. The highest BCUT2D eigenvalue weighted by atomic mass is 16.3. The Morgan fingerprint density at radius 2 is 2.19 bits per heavy atom. The maximum Gasteiger partial charge on any atom is 0.226 e. The Bertz CT molecular complexity index is 245. The van der Waals surface area contributed by atoms with Gasteiger partial charge in [-0.15, -0.1) is 0 Å². The number of nitrogens with two attached hydrogens (primary N) is 1. The van der Waals surface area contributed by atoms with Gasteiger partial charge < -0.3 is 15.7 Å². The first-order chi connectivity index (χ1) is 7.49. The minimum atomic E-state index is -0.113. The lowest BCUT2D eigenvalue weighted by Gasteiger charge is -2.36. The van der Waals surface area contributed by atoms with Crippen LogP contribution in [-0.2, 0) is 4.79 Å². The van der Waals surface area contributed by atoms with Crippen LogP contribution in [-0.4, -0.2) is 41.7 Å². The fourth-order valence-corrected chi connectivity index (χ4v) is 2.35. The van der Waals surface area contributed by atoms with Crippen molar-refractivity contribution < 1.29 is 9.90 Å². The SMILES string of the molecule is CC1C(N)CCCC1C(=O)N(C)C(C)CO. The average molecular weight is 228 g/mol. The summed E-state index contributed by atoms with van der Waals surface area (Å²) in [5.41, 5.74) is 6.00. The molecule has 0 saturated heterocycles. The molecule has 3 N–H and O–H groups in total. The van der Waals surface area contributed by atoms with Gasteiger partial charge in [-0.25, -0.2) is 0 Å². The van der Waals surface area contributed by atoms with E-state index < -0.39 is 0 Å². The third-order valence-corrected chi connectivity index (χ3v) is 3.95. The molecule has 1 saturated carbocycles. The van der Waals surface area contributed by atoms with Gasteiger partial charge >= 0.3 is 0 Å². The number of carbonyl (C=O) groups excluding carboxylic acids is 1. The monoisotopic (exact) mass is 228 g/mol. The molecule has 0 aromatic carbocycles. The summed E-state index contributed by atoms with van der Waals surface area (Å²) in [7, 11) is 1.76. The average Bonchev–Trinajstić information content (AvgIpc) is 2.29. The molecule has 94 valence electrons. The molecule has 0 heterocycles. The molecule has 1 rings (SSSR count). The number of carbonyl (C=O) groups is 1. The van der Waals surface area contributed by atoms with Crippen LogP contribution < -0.4 is 5.73 Å². The molecule has 16 heavy (non-hydrogen) atoms. The molecular weight excluding hydrogens is 204 g/mol. The van der Waals surface area contributed by atoms with Gasteiger partial charge in [0.15, 0.2) is 0 Å². The van der Waals surface area contributed by atoms with E-state index in [1.54, 1.807) is 11.9 Å². The van der Waals surface area contributed by atoms with Crippen LogP contribution in [0.1, 0.15) is 33.1 Å². The standard InChI is InChI=1S/C12H24N2O2/c1-8(7-15)14(3)12(16)10-5-4-6-11(13)9(10)2/h8-11,15H,4-7,13H2,1-3H3. The van der Waals surface area contributed by atoms with E-state index in [1.807, 2.05) is 6.92 Å². The van der Waals surface area contributed by atoms with Crippen molar-refractivity contribution in [3.05, 3.63) is 0 Å². The first kappa shape index (κ1) is 13.5. The highest BCUT2D eigenvalue weighted by molar-refractivity contribution is 5.79. The molecular formula is C12H24N2O2. The molecule has 1 amide bonds. The maximum atomic E-state index is 12.2. The Hall–Kier alpha value is -0.610. The number of rotatable bonds is 3. The van der Waals surface area contributed by atoms with E-state index in [0.29, 0.717) is 0 Å². The predicted molar refractivity (Wildman–Crippen MR) is 63.8 cm³/mol. The van der Waals surface area contributed by atoms with E-state index in [0.717, 1.165) is 19.3 Å². The van der Waals surface area contributed by atoms with Gasteiger partial charge in [-0.1, -0.05) is 13.3 Å². The summed E-state index contributed by atoms with van der Waals surface area (Å²) < 4.78 is 0. The van der Waals surface area contributed by atoms with Gasteiger partial charge in [0.25, 0.3) is 0 Å². The van der Waals surface area contributed by atoms with E-state index in [-0.39, 0.29) is 36.4 Å². The fraction of sp³-hybridized carbons (Fsp3) is 0.917. The first-order valence-electron chi connectivity index (χ1n) is 6.12. The van der Waals surface area contributed by atoms with Gasteiger partial charge in [0.05, 0.1) is 12.6 Å². The molecule has 0 aromatic rings. The molecule has 4 nitrogen and oxygen atoms in total. The van der Waals surface area contributed by atoms with Gasteiger partial charge in [-0.2, -0.15) is 0 Å². The highest BCUT2D eigenvalue weighted by Crippen LogP contribution is 2.30. The summed E-state index contributed by atoms with van der Waals surface area (Å²) in [6.45, 7) is 3.92. The molecule has 0 spiro atoms. The second-order valence-corrected chi connectivity index (χ2v) is 5.04. The number of aliphatic hydroxyl groups excluding tert-OH is 1. The molecule has 0 aromatic heterocycles. The van der Waals surface area contributed by atoms with Crippen molar-refractivity contribution in [3.63, 3.8) is 0 Å². The van der Waals surface area contributed by atoms with Gasteiger partial charge in [0, 0.05) is 19.0 Å². The summed E-state index contributed by atoms with van der Waals surface area (Å²) in [5, 5.41) is 9.05. The van der Waals surface area contributed by atoms with E-state index in [1.165, 1.54) is 0 Å². The third kappa shape index (κ3) is 2.74. The second kappa shape index (κ2) is 5.64. The number of likely N-dealkylation sites (N-methyl/N-ethyl adjacent to an activating group) is 1. The fourth-order valence-electron chi connectivity index (χ4n) is 2.35. The lowest BCUT2D eigenvalue weighted by Crippen LogP contribution is -2.47. The van der Waals surface area contributed by atoms with Crippen LogP contribution in [0.5, 0.6) is 0 Å². The molecule has 0 bridgehead atoms. The minimum Gasteiger partial charge on any atom is -0.394 e. The van der Waals surface area contributed by atoms with Crippen molar-refractivity contribution in [1.82, 2.24) is 4.90 Å². The molecule has 0 radical (unpaired) electrons. The number of amides is 1. The zero-order chi connectivity index (χ0) is 12.3. The van der Waals surface area contributed by atoms with Crippen molar-refractivity contribution >= 4 is 5.91 Å². The van der Waals surface area contributed by atoms with E-state index in [4.69, 9.17) is 10.8 Å². The van der Waals surface area contributed by atoms with Crippen LogP contribution in [0.3, 0.4) is 0 Å². The summed E-state index contributed by atoms with van der Waals surface area (Å²) >= 11 is 0. The van der Waals surface area contributed by atoms with Crippen LogP contribution in [0.2, 0.25) is 0 Å². The molecule has 4 atom stereocenters. The second-order valence-electron chi connectivity index (χ2n) is 5.04. The van der Waals surface area contributed by atoms with Crippen LogP contribution in [0.15, 0.2) is 0 Å². The topological polar surface area (TPSA) is 66.6 Å². The summed E-state index contributed by atoms with van der Waals surface area (Å²) in [6, 6.07) is 0.0263. The Labute approximate surface area is 97.8 Å². The largest absolute Gasteiger partial charge is 0.394 e. The van der Waals surface area contributed by atoms with E-state index >= 15 is 0 Å². The zero-order valence-corrected chi connectivity index (χ0v) is 10.5. The summed E-state index contributed by atoms with van der Waals surface area (Å²) in [5.74, 6) is 0.404. The van der Waals surface area contributed by atoms with Crippen LogP contribution >= 0.6 is 0 Å². The Kier molecular flexibility index (Phi) is 4.74. The van der Waals surface area contributed by atoms with Crippen molar-refractivity contribution in [2.45, 2.75) is 45.2 Å². The third-order valence-electron chi connectivity index (χ3n) is 3.95. The molecule has 1 fully saturated rings. The lowest BCUT2D eigenvalue weighted by atomic mass is 9.76. The molecule has 4 heteroatoms.